The molecule has 2 aromatic rings. The Kier molecular flexibility index (Phi) is 4.71. The second kappa shape index (κ2) is 7.09. The van der Waals surface area contributed by atoms with Crippen molar-refractivity contribution in [2.75, 3.05) is 13.1 Å². The highest BCUT2D eigenvalue weighted by atomic mass is 16.2. The average Bonchev–Trinajstić information content (AvgIpc) is 3.20. The Morgan fingerprint density at radius 2 is 2.13 bits per heavy atom. The molecule has 1 aliphatic heterocycles. The van der Waals surface area contributed by atoms with Crippen LogP contribution >= 0.6 is 0 Å². The molecule has 1 atom stereocenters. The molecular weight excluding hydrogens is 292 g/mol. The summed E-state index contributed by atoms with van der Waals surface area (Å²) in [6.07, 6.45) is 3.36. The maximum absolute atomic E-state index is 12.3. The van der Waals surface area contributed by atoms with Crippen LogP contribution in [-0.4, -0.2) is 40.0 Å². The molecule has 6 heteroatoms. The van der Waals surface area contributed by atoms with Crippen LogP contribution in [0.5, 0.6) is 0 Å². The van der Waals surface area contributed by atoms with E-state index in [0.717, 1.165) is 24.2 Å². The van der Waals surface area contributed by atoms with Gasteiger partial charge in [-0.25, -0.2) is 0 Å². The Balaban J connectivity index is 1.69. The summed E-state index contributed by atoms with van der Waals surface area (Å²) in [5, 5.41) is 9.67. The van der Waals surface area contributed by atoms with Gasteiger partial charge < -0.3 is 10.2 Å². The van der Waals surface area contributed by atoms with Crippen LogP contribution in [-0.2, 0) is 16.0 Å². The highest BCUT2D eigenvalue weighted by molar-refractivity contribution is 5.79. The lowest BCUT2D eigenvalue weighted by Gasteiger charge is -2.25. The molecule has 23 heavy (non-hydrogen) atoms. The summed E-state index contributed by atoms with van der Waals surface area (Å²) in [7, 11) is 0. The van der Waals surface area contributed by atoms with Crippen LogP contribution in [0.1, 0.15) is 30.1 Å². The number of hydrogen-bond acceptors (Lipinski definition) is 3. The molecule has 1 saturated heterocycles. The van der Waals surface area contributed by atoms with E-state index >= 15 is 0 Å². The quantitative estimate of drug-likeness (QED) is 0.847. The van der Waals surface area contributed by atoms with Crippen molar-refractivity contribution in [2.24, 2.45) is 0 Å². The molecule has 120 valence electrons. The van der Waals surface area contributed by atoms with Crippen molar-refractivity contribution in [3.63, 3.8) is 0 Å². The standard InChI is InChI=1S/C17H20N4O2/c22-16(11-14-8-9-18-20-14)19-15(13-5-2-1-3-6-13)12-21-10-4-7-17(21)23/h1-3,5-6,8-9,15H,4,7,10-12H2,(H,18,20)(H,19,22). The third kappa shape index (κ3) is 3.97. The monoisotopic (exact) mass is 312 g/mol. The summed E-state index contributed by atoms with van der Waals surface area (Å²) in [6.45, 7) is 1.27. The minimum Gasteiger partial charge on any atom is -0.347 e. The molecule has 0 aliphatic carbocycles. The summed E-state index contributed by atoms with van der Waals surface area (Å²) in [6, 6.07) is 11.3. The summed E-state index contributed by atoms with van der Waals surface area (Å²) in [4.78, 5) is 26.0. The van der Waals surface area contributed by atoms with E-state index in [2.05, 4.69) is 15.5 Å². The lowest BCUT2D eigenvalue weighted by atomic mass is 10.1. The number of aromatic amines is 1. The number of likely N-dealkylation sites (tertiary alicyclic amines) is 1. The zero-order chi connectivity index (χ0) is 16.1. The Bertz CT molecular complexity index is 654. The summed E-state index contributed by atoms with van der Waals surface area (Å²) in [5.41, 5.74) is 1.77. The van der Waals surface area contributed by atoms with Gasteiger partial charge in [0.2, 0.25) is 11.8 Å². The predicted octanol–water partition coefficient (Wildman–Crippen LogP) is 1.43. The van der Waals surface area contributed by atoms with Gasteiger partial charge in [-0.3, -0.25) is 14.7 Å². The van der Waals surface area contributed by atoms with Crippen molar-refractivity contribution >= 4 is 11.8 Å². The summed E-state index contributed by atoms with van der Waals surface area (Å²) in [5.74, 6) is 0.0727. The first-order chi connectivity index (χ1) is 11.2. The molecule has 2 heterocycles. The number of benzene rings is 1. The highest BCUT2D eigenvalue weighted by Gasteiger charge is 2.25. The number of amides is 2. The molecule has 1 aliphatic rings. The number of aromatic nitrogens is 2. The van der Waals surface area contributed by atoms with Crippen molar-refractivity contribution < 1.29 is 9.59 Å². The van der Waals surface area contributed by atoms with Gasteiger partial charge in [0.25, 0.3) is 0 Å². The number of carbonyl (C=O) groups is 2. The van der Waals surface area contributed by atoms with E-state index < -0.39 is 0 Å². The SMILES string of the molecule is O=C(Cc1ccn[nH]1)NC(CN1CCCC1=O)c1ccccc1. The average molecular weight is 312 g/mol. The Morgan fingerprint density at radius 3 is 2.78 bits per heavy atom. The number of H-pyrrole nitrogens is 1. The van der Waals surface area contributed by atoms with Gasteiger partial charge in [-0.05, 0) is 18.1 Å². The van der Waals surface area contributed by atoms with Crippen LogP contribution in [0.4, 0.5) is 0 Å². The third-order valence-corrected chi connectivity index (χ3v) is 4.02. The fourth-order valence-electron chi connectivity index (χ4n) is 2.84. The van der Waals surface area contributed by atoms with E-state index in [-0.39, 0.29) is 24.3 Å². The molecule has 0 saturated carbocycles. The fraction of sp³-hybridized carbons (Fsp3) is 0.353. The van der Waals surface area contributed by atoms with Crippen LogP contribution in [0.2, 0.25) is 0 Å². The molecule has 0 bridgehead atoms. The number of carbonyl (C=O) groups excluding carboxylic acids is 2. The van der Waals surface area contributed by atoms with Gasteiger partial charge in [-0.1, -0.05) is 30.3 Å². The first-order valence-corrected chi connectivity index (χ1v) is 7.83. The Hall–Kier alpha value is -2.63. The zero-order valence-corrected chi connectivity index (χ0v) is 12.9. The number of hydrogen-bond donors (Lipinski definition) is 2. The second-order valence-electron chi connectivity index (χ2n) is 5.73. The molecule has 3 rings (SSSR count). The normalized spacial score (nSPS) is 15.7. The van der Waals surface area contributed by atoms with Gasteiger partial charge in [-0.15, -0.1) is 0 Å². The van der Waals surface area contributed by atoms with E-state index in [1.807, 2.05) is 35.2 Å². The molecule has 1 fully saturated rings. The van der Waals surface area contributed by atoms with Gasteiger partial charge in [0.15, 0.2) is 0 Å². The zero-order valence-electron chi connectivity index (χ0n) is 12.9. The lowest BCUT2D eigenvalue weighted by Crippen LogP contribution is -2.39. The fourth-order valence-corrected chi connectivity index (χ4v) is 2.84. The molecule has 1 aromatic heterocycles. The van der Waals surface area contributed by atoms with Crippen LogP contribution < -0.4 is 5.32 Å². The lowest BCUT2D eigenvalue weighted by molar-refractivity contribution is -0.129. The highest BCUT2D eigenvalue weighted by Crippen LogP contribution is 2.18. The molecular formula is C17H20N4O2. The van der Waals surface area contributed by atoms with Crippen molar-refractivity contribution in [2.45, 2.75) is 25.3 Å². The van der Waals surface area contributed by atoms with Gasteiger partial charge in [0.05, 0.1) is 12.5 Å². The summed E-state index contributed by atoms with van der Waals surface area (Å²) >= 11 is 0. The van der Waals surface area contributed by atoms with E-state index in [4.69, 9.17) is 0 Å². The predicted molar refractivity (Wildman–Crippen MR) is 85.4 cm³/mol. The maximum atomic E-state index is 12.3. The van der Waals surface area contributed by atoms with Crippen LogP contribution in [0.3, 0.4) is 0 Å². The van der Waals surface area contributed by atoms with Crippen molar-refractivity contribution in [3.8, 4) is 0 Å². The molecule has 2 amide bonds. The molecule has 1 unspecified atom stereocenters. The van der Waals surface area contributed by atoms with Crippen molar-refractivity contribution in [1.29, 1.82) is 0 Å². The largest absolute Gasteiger partial charge is 0.347 e. The van der Waals surface area contributed by atoms with E-state index in [0.29, 0.717) is 13.0 Å². The van der Waals surface area contributed by atoms with Crippen molar-refractivity contribution in [1.82, 2.24) is 20.4 Å². The summed E-state index contributed by atoms with van der Waals surface area (Å²) < 4.78 is 0. The number of nitrogens with one attached hydrogen (secondary N) is 2. The van der Waals surface area contributed by atoms with Crippen LogP contribution in [0, 0.1) is 0 Å². The Labute approximate surface area is 134 Å². The van der Waals surface area contributed by atoms with Crippen LogP contribution in [0.15, 0.2) is 42.6 Å². The minimum absolute atomic E-state index is 0.0882. The molecule has 0 radical (unpaired) electrons. The smallest absolute Gasteiger partial charge is 0.226 e. The first-order valence-electron chi connectivity index (χ1n) is 7.83. The first kappa shape index (κ1) is 15.3. The van der Waals surface area contributed by atoms with E-state index in [9.17, 15) is 9.59 Å². The molecule has 1 aromatic carbocycles. The molecule has 2 N–H and O–H groups in total. The number of nitrogens with zero attached hydrogens (tertiary/aromatic N) is 2. The maximum Gasteiger partial charge on any atom is 0.226 e. The van der Waals surface area contributed by atoms with Crippen LogP contribution in [0.25, 0.3) is 0 Å². The minimum atomic E-state index is -0.200. The molecule has 6 nitrogen and oxygen atoms in total. The topological polar surface area (TPSA) is 78.1 Å². The Morgan fingerprint density at radius 1 is 1.30 bits per heavy atom. The van der Waals surface area contributed by atoms with Gasteiger partial charge >= 0.3 is 0 Å². The second-order valence-corrected chi connectivity index (χ2v) is 5.73. The van der Waals surface area contributed by atoms with Gasteiger partial charge in [0, 0.05) is 31.4 Å². The van der Waals surface area contributed by atoms with E-state index in [1.54, 1.807) is 12.3 Å². The van der Waals surface area contributed by atoms with Gasteiger partial charge in [-0.2, -0.15) is 5.10 Å². The van der Waals surface area contributed by atoms with Gasteiger partial charge in [0.1, 0.15) is 0 Å². The van der Waals surface area contributed by atoms with Crippen molar-refractivity contribution in [3.05, 3.63) is 53.9 Å². The van der Waals surface area contributed by atoms with E-state index in [1.165, 1.54) is 0 Å². The number of rotatable bonds is 6. The molecule has 0 spiro atoms. The third-order valence-electron chi connectivity index (χ3n) is 4.02.